The zero-order valence-corrected chi connectivity index (χ0v) is 14.7. The Kier molecular flexibility index (Phi) is 3.55. The van der Waals surface area contributed by atoms with E-state index in [0.29, 0.717) is 16.4 Å². The molecule has 7 heteroatoms. The average Bonchev–Trinajstić information content (AvgIpc) is 3.22. The van der Waals surface area contributed by atoms with Crippen molar-refractivity contribution >= 4 is 40.9 Å². The molecule has 0 aliphatic carbocycles. The predicted octanol–water partition coefficient (Wildman–Crippen LogP) is 3.06. The molecule has 0 saturated carbocycles. The Balaban J connectivity index is 1.50. The molecule has 1 saturated heterocycles. The lowest BCUT2D eigenvalue weighted by molar-refractivity contribution is -0.126. The Labute approximate surface area is 159 Å². The van der Waals surface area contributed by atoms with Crippen molar-refractivity contribution in [2.75, 3.05) is 11.5 Å². The van der Waals surface area contributed by atoms with Crippen LogP contribution >= 0.6 is 11.6 Å². The smallest absolute Gasteiger partial charge is 0.278 e. The van der Waals surface area contributed by atoms with E-state index in [1.54, 1.807) is 24.3 Å². The molecule has 5 rings (SSSR count). The number of amides is 2. The highest BCUT2D eigenvalue weighted by Crippen LogP contribution is 2.37. The SMILES string of the molecule is O=C1[C@H]2C(C3=Cc4ccccc4OC3)=NO[C@H]2C(=O)N1c1cccc(Cl)c1. The van der Waals surface area contributed by atoms with E-state index >= 15 is 0 Å². The first kappa shape index (κ1) is 16.1. The first-order valence-electron chi connectivity index (χ1n) is 8.43. The number of nitrogens with zero attached hydrogens (tertiary/aromatic N) is 2. The van der Waals surface area contributed by atoms with Crippen molar-refractivity contribution < 1.29 is 19.2 Å². The summed E-state index contributed by atoms with van der Waals surface area (Å²) in [5.74, 6) is -0.824. The Morgan fingerprint density at radius 3 is 2.78 bits per heavy atom. The van der Waals surface area contributed by atoms with Gasteiger partial charge in [-0.05, 0) is 30.3 Å². The fraction of sp³-hybridized carbons (Fsp3) is 0.150. The molecule has 134 valence electrons. The van der Waals surface area contributed by atoms with Crippen molar-refractivity contribution in [2.45, 2.75) is 6.10 Å². The summed E-state index contributed by atoms with van der Waals surface area (Å²) >= 11 is 6.01. The van der Waals surface area contributed by atoms with Crippen molar-refractivity contribution in [1.29, 1.82) is 0 Å². The zero-order chi connectivity index (χ0) is 18.5. The standard InChI is InChI=1S/C20H13ClN2O4/c21-13-5-3-6-14(9-13)23-19(24)16-17(22-27-18(16)20(23)25)12-8-11-4-1-2-7-15(11)26-10-12/h1-9,16,18H,10H2/t16-,18+/m0/s1. The number of carbonyl (C=O) groups excluding carboxylic acids is 2. The van der Waals surface area contributed by atoms with E-state index in [2.05, 4.69) is 5.16 Å². The van der Waals surface area contributed by atoms with Gasteiger partial charge in [0.15, 0.2) is 0 Å². The van der Waals surface area contributed by atoms with Gasteiger partial charge in [0.2, 0.25) is 12.0 Å². The van der Waals surface area contributed by atoms with Crippen LogP contribution in [-0.4, -0.2) is 30.2 Å². The molecule has 2 aromatic rings. The Morgan fingerprint density at radius 2 is 1.93 bits per heavy atom. The summed E-state index contributed by atoms with van der Waals surface area (Å²) < 4.78 is 5.75. The molecule has 0 unspecified atom stereocenters. The van der Waals surface area contributed by atoms with Crippen molar-refractivity contribution in [2.24, 2.45) is 11.1 Å². The summed E-state index contributed by atoms with van der Waals surface area (Å²) in [6.07, 6.45) is 0.966. The third-order valence-electron chi connectivity index (χ3n) is 4.84. The van der Waals surface area contributed by atoms with Gasteiger partial charge in [0.25, 0.3) is 5.91 Å². The van der Waals surface area contributed by atoms with Crippen molar-refractivity contribution in [1.82, 2.24) is 0 Å². The average molecular weight is 381 g/mol. The van der Waals surface area contributed by atoms with Crippen LogP contribution < -0.4 is 9.64 Å². The molecule has 0 radical (unpaired) electrons. The van der Waals surface area contributed by atoms with Crippen LogP contribution in [0.5, 0.6) is 5.75 Å². The summed E-state index contributed by atoms with van der Waals surface area (Å²) in [6.45, 7) is 0.265. The number of ether oxygens (including phenoxy) is 1. The largest absolute Gasteiger partial charge is 0.488 e. The fourth-order valence-corrected chi connectivity index (χ4v) is 3.76. The van der Waals surface area contributed by atoms with Gasteiger partial charge in [0.05, 0.1) is 5.69 Å². The lowest BCUT2D eigenvalue weighted by Crippen LogP contribution is -2.33. The molecule has 3 heterocycles. The lowest BCUT2D eigenvalue weighted by Gasteiger charge is -2.19. The van der Waals surface area contributed by atoms with Gasteiger partial charge >= 0.3 is 0 Å². The van der Waals surface area contributed by atoms with Crippen LogP contribution in [0.3, 0.4) is 0 Å². The second kappa shape index (κ2) is 5.96. The van der Waals surface area contributed by atoms with E-state index in [1.807, 2.05) is 30.3 Å². The monoisotopic (exact) mass is 380 g/mol. The molecule has 0 spiro atoms. The van der Waals surface area contributed by atoms with Gasteiger partial charge in [-0.2, -0.15) is 0 Å². The fourth-order valence-electron chi connectivity index (χ4n) is 3.58. The van der Waals surface area contributed by atoms with Crippen LogP contribution in [0, 0.1) is 5.92 Å². The Morgan fingerprint density at radius 1 is 1.07 bits per heavy atom. The summed E-state index contributed by atoms with van der Waals surface area (Å²) in [5.41, 5.74) is 2.50. The number of halogens is 1. The summed E-state index contributed by atoms with van der Waals surface area (Å²) in [5, 5.41) is 4.48. The molecule has 3 aliphatic rings. The first-order chi connectivity index (χ1) is 13.1. The molecular formula is C20H13ClN2O4. The highest BCUT2D eigenvalue weighted by molar-refractivity contribution is 6.34. The molecule has 2 amide bonds. The topological polar surface area (TPSA) is 68.2 Å². The van der Waals surface area contributed by atoms with Crippen LogP contribution in [0.2, 0.25) is 5.02 Å². The molecular weight excluding hydrogens is 368 g/mol. The van der Waals surface area contributed by atoms with Gasteiger partial charge in [-0.25, -0.2) is 4.90 Å². The minimum Gasteiger partial charge on any atom is -0.488 e. The number of fused-ring (bicyclic) bond motifs is 2. The van der Waals surface area contributed by atoms with Crippen molar-refractivity contribution in [3.63, 3.8) is 0 Å². The van der Waals surface area contributed by atoms with Crippen LogP contribution in [-0.2, 0) is 14.4 Å². The van der Waals surface area contributed by atoms with Crippen molar-refractivity contribution in [3.8, 4) is 5.75 Å². The van der Waals surface area contributed by atoms with E-state index in [1.165, 1.54) is 0 Å². The highest BCUT2D eigenvalue weighted by atomic mass is 35.5. The number of benzene rings is 2. The maximum Gasteiger partial charge on any atom is 0.278 e. The highest BCUT2D eigenvalue weighted by Gasteiger charge is 2.56. The lowest BCUT2D eigenvalue weighted by atomic mass is 9.92. The summed E-state index contributed by atoms with van der Waals surface area (Å²) in [6, 6.07) is 14.2. The third kappa shape index (κ3) is 2.44. The normalized spacial score (nSPS) is 23.2. The second-order valence-corrected chi connectivity index (χ2v) is 6.90. The van der Waals surface area contributed by atoms with Crippen molar-refractivity contribution in [3.05, 3.63) is 64.7 Å². The van der Waals surface area contributed by atoms with Gasteiger partial charge < -0.3 is 9.57 Å². The molecule has 0 bridgehead atoms. The van der Waals surface area contributed by atoms with Crippen LogP contribution in [0.1, 0.15) is 5.56 Å². The number of oxime groups is 1. The van der Waals surface area contributed by atoms with Gasteiger partial charge in [-0.3, -0.25) is 9.59 Å². The molecule has 6 nitrogen and oxygen atoms in total. The third-order valence-corrected chi connectivity index (χ3v) is 5.07. The number of rotatable bonds is 2. The Hall–Kier alpha value is -3.12. The number of anilines is 1. The van der Waals surface area contributed by atoms with Gasteiger partial charge in [-0.1, -0.05) is 41.0 Å². The van der Waals surface area contributed by atoms with Gasteiger partial charge in [0, 0.05) is 16.2 Å². The number of hydrogen-bond donors (Lipinski definition) is 0. The minimum absolute atomic E-state index is 0.265. The maximum absolute atomic E-state index is 13.0. The second-order valence-electron chi connectivity index (χ2n) is 6.47. The molecule has 0 aromatic heterocycles. The summed E-state index contributed by atoms with van der Waals surface area (Å²) in [4.78, 5) is 32.3. The molecule has 0 N–H and O–H groups in total. The van der Waals surface area contributed by atoms with Gasteiger partial charge in [0.1, 0.15) is 24.0 Å². The predicted molar refractivity (Wildman–Crippen MR) is 99.7 cm³/mol. The maximum atomic E-state index is 13.0. The number of imide groups is 1. The van der Waals surface area contributed by atoms with E-state index in [4.69, 9.17) is 21.2 Å². The molecule has 2 atom stereocenters. The summed E-state index contributed by atoms with van der Waals surface area (Å²) in [7, 11) is 0. The molecule has 3 aliphatic heterocycles. The Bertz CT molecular complexity index is 1050. The van der Waals surface area contributed by atoms with E-state index < -0.39 is 17.9 Å². The van der Waals surface area contributed by atoms with Gasteiger partial charge in [-0.15, -0.1) is 0 Å². The van der Waals surface area contributed by atoms with Crippen LogP contribution in [0.15, 0.2) is 59.3 Å². The molecule has 27 heavy (non-hydrogen) atoms. The number of hydrogen-bond acceptors (Lipinski definition) is 5. The van der Waals surface area contributed by atoms with Crippen LogP contribution in [0.25, 0.3) is 6.08 Å². The number of carbonyl (C=O) groups is 2. The van der Waals surface area contributed by atoms with E-state index in [-0.39, 0.29) is 12.5 Å². The zero-order valence-electron chi connectivity index (χ0n) is 14.0. The van der Waals surface area contributed by atoms with E-state index in [0.717, 1.165) is 21.8 Å². The minimum atomic E-state index is -0.954. The van der Waals surface area contributed by atoms with E-state index in [9.17, 15) is 9.59 Å². The quantitative estimate of drug-likeness (QED) is 0.751. The first-order valence-corrected chi connectivity index (χ1v) is 8.81. The molecule has 1 fully saturated rings. The molecule has 2 aromatic carbocycles. The number of para-hydroxylation sites is 1. The van der Waals surface area contributed by atoms with Crippen LogP contribution in [0.4, 0.5) is 5.69 Å².